The second kappa shape index (κ2) is 10.2. The van der Waals surface area contributed by atoms with E-state index in [1.807, 2.05) is 54.6 Å². The Morgan fingerprint density at radius 1 is 1.03 bits per heavy atom. The summed E-state index contributed by atoms with van der Waals surface area (Å²) in [5.74, 6) is 1.71. The lowest BCUT2D eigenvalue weighted by molar-refractivity contribution is -0.128. The fourth-order valence-electron chi connectivity index (χ4n) is 4.19. The first-order valence-corrected chi connectivity index (χ1v) is 12.0. The summed E-state index contributed by atoms with van der Waals surface area (Å²) in [5, 5.41) is 9.61. The van der Waals surface area contributed by atoms with Crippen molar-refractivity contribution in [2.24, 2.45) is 0 Å². The van der Waals surface area contributed by atoms with Crippen molar-refractivity contribution in [2.75, 3.05) is 21.2 Å². The van der Waals surface area contributed by atoms with Gasteiger partial charge in [0.15, 0.2) is 11.0 Å². The summed E-state index contributed by atoms with van der Waals surface area (Å²) in [5.41, 5.74) is 1.98. The molecule has 0 saturated heterocycles. The topological polar surface area (TPSA) is 60.3 Å². The largest absolute Gasteiger partial charge is 0.497 e. The van der Waals surface area contributed by atoms with Crippen LogP contribution in [0.25, 0.3) is 11.4 Å². The highest BCUT2D eigenvalue weighted by atomic mass is 32.2. The Morgan fingerprint density at radius 3 is 2.34 bits per heavy atom. The predicted molar refractivity (Wildman–Crippen MR) is 128 cm³/mol. The molecule has 0 spiro atoms. The van der Waals surface area contributed by atoms with Crippen LogP contribution in [0.3, 0.4) is 0 Å². The van der Waals surface area contributed by atoms with Gasteiger partial charge in [-0.25, -0.2) is 0 Å². The number of ether oxygens (including phenoxy) is 1. The molecule has 4 rings (SSSR count). The smallest absolute Gasteiger partial charge is 0.240 e. The van der Waals surface area contributed by atoms with E-state index in [0.717, 1.165) is 40.7 Å². The highest BCUT2D eigenvalue weighted by Gasteiger charge is 2.30. The zero-order valence-corrected chi connectivity index (χ0v) is 19.7. The van der Waals surface area contributed by atoms with Crippen LogP contribution >= 0.6 is 11.8 Å². The minimum atomic E-state index is -0.374. The number of rotatable bonds is 7. The van der Waals surface area contributed by atoms with E-state index in [1.165, 1.54) is 31.0 Å². The van der Waals surface area contributed by atoms with Crippen LogP contribution < -0.4 is 4.74 Å². The zero-order valence-electron chi connectivity index (χ0n) is 18.9. The summed E-state index contributed by atoms with van der Waals surface area (Å²) < 4.78 is 7.59. The van der Waals surface area contributed by atoms with Crippen LogP contribution in [-0.4, -0.2) is 46.8 Å². The number of nitrogens with zero attached hydrogens (tertiary/aromatic N) is 4. The molecule has 168 valence electrons. The van der Waals surface area contributed by atoms with Crippen molar-refractivity contribution >= 4 is 17.7 Å². The molecule has 1 fully saturated rings. The summed E-state index contributed by atoms with van der Waals surface area (Å²) in [4.78, 5) is 14.8. The number of aromatic nitrogens is 3. The molecule has 0 N–H and O–H groups in total. The number of benzene rings is 2. The number of likely N-dealkylation sites (N-methyl/N-ethyl adjacent to an activating group) is 1. The van der Waals surface area contributed by atoms with Gasteiger partial charge in [-0.05, 0) is 42.7 Å². The molecule has 0 radical (unpaired) electrons. The van der Waals surface area contributed by atoms with Gasteiger partial charge in [-0.2, -0.15) is 0 Å². The minimum Gasteiger partial charge on any atom is -0.497 e. The molecule has 1 saturated carbocycles. The monoisotopic (exact) mass is 450 g/mol. The molecule has 1 aromatic heterocycles. The lowest BCUT2D eigenvalue weighted by Gasteiger charge is -2.27. The molecule has 1 atom stereocenters. The lowest BCUT2D eigenvalue weighted by Crippen LogP contribution is -2.27. The zero-order chi connectivity index (χ0) is 22.5. The molecule has 1 unspecified atom stereocenters. The highest BCUT2D eigenvalue weighted by Crippen LogP contribution is 2.41. The van der Waals surface area contributed by atoms with Crippen LogP contribution in [0.4, 0.5) is 0 Å². The Kier molecular flexibility index (Phi) is 7.15. The number of carbonyl (C=O) groups excluding carboxylic acids is 1. The maximum Gasteiger partial charge on any atom is 0.240 e. The molecule has 1 amide bonds. The molecular formula is C25H30N4O2S. The molecule has 2 aromatic carbocycles. The van der Waals surface area contributed by atoms with Crippen molar-refractivity contribution in [3.05, 3.63) is 60.2 Å². The molecule has 1 aliphatic rings. The van der Waals surface area contributed by atoms with Gasteiger partial charge in [-0.1, -0.05) is 61.4 Å². The minimum absolute atomic E-state index is 0.0467. The van der Waals surface area contributed by atoms with Gasteiger partial charge in [0.2, 0.25) is 5.91 Å². The molecule has 32 heavy (non-hydrogen) atoms. The molecule has 7 heteroatoms. The Morgan fingerprint density at radius 2 is 1.72 bits per heavy atom. The Labute approximate surface area is 194 Å². The van der Waals surface area contributed by atoms with Crippen LogP contribution in [0.1, 0.15) is 49.0 Å². The van der Waals surface area contributed by atoms with Crippen molar-refractivity contribution in [3.63, 3.8) is 0 Å². The highest BCUT2D eigenvalue weighted by molar-refractivity contribution is 8.00. The SMILES string of the molecule is COc1ccc(-c2nnc(SC(C(=O)N(C)C)c3ccccc3)n2C2CCCCC2)cc1. The van der Waals surface area contributed by atoms with E-state index in [-0.39, 0.29) is 11.2 Å². The third kappa shape index (κ3) is 4.83. The van der Waals surface area contributed by atoms with Crippen molar-refractivity contribution in [1.82, 2.24) is 19.7 Å². The van der Waals surface area contributed by atoms with Gasteiger partial charge >= 0.3 is 0 Å². The maximum absolute atomic E-state index is 13.1. The predicted octanol–water partition coefficient (Wildman–Crippen LogP) is 5.38. The molecule has 6 nitrogen and oxygen atoms in total. The van der Waals surface area contributed by atoms with E-state index in [1.54, 1.807) is 26.1 Å². The molecule has 1 aliphatic carbocycles. The Balaban J connectivity index is 1.75. The van der Waals surface area contributed by atoms with E-state index < -0.39 is 0 Å². The molecule has 1 heterocycles. The average Bonchev–Trinajstić information content (AvgIpc) is 3.26. The van der Waals surface area contributed by atoms with E-state index in [4.69, 9.17) is 4.74 Å². The Hall–Kier alpha value is -2.80. The van der Waals surface area contributed by atoms with Crippen LogP contribution in [0.5, 0.6) is 5.75 Å². The summed E-state index contributed by atoms with van der Waals surface area (Å²) in [6, 6.07) is 18.2. The number of carbonyl (C=O) groups is 1. The van der Waals surface area contributed by atoms with Gasteiger partial charge in [0, 0.05) is 25.7 Å². The number of thioether (sulfide) groups is 1. The third-order valence-electron chi connectivity index (χ3n) is 5.94. The number of hydrogen-bond acceptors (Lipinski definition) is 5. The van der Waals surface area contributed by atoms with E-state index in [0.29, 0.717) is 6.04 Å². The fourth-order valence-corrected chi connectivity index (χ4v) is 5.44. The molecule has 0 aliphatic heterocycles. The first kappa shape index (κ1) is 22.4. The van der Waals surface area contributed by atoms with Gasteiger partial charge in [0.05, 0.1) is 7.11 Å². The van der Waals surface area contributed by atoms with E-state index in [2.05, 4.69) is 14.8 Å². The second-order valence-electron chi connectivity index (χ2n) is 8.34. The number of methoxy groups -OCH3 is 1. The Bertz CT molecular complexity index is 1030. The van der Waals surface area contributed by atoms with Crippen LogP contribution in [-0.2, 0) is 4.79 Å². The normalized spacial score (nSPS) is 15.3. The van der Waals surface area contributed by atoms with Gasteiger partial charge in [-0.15, -0.1) is 10.2 Å². The number of hydrogen-bond donors (Lipinski definition) is 0. The standard InChI is InChI=1S/C25H30N4O2S/c1-28(2)24(30)22(18-10-6-4-7-11-18)32-25-27-26-23(19-14-16-21(31-3)17-15-19)29(25)20-12-8-5-9-13-20/h4,6-7,10-11,14-17,20,22H,5,8-9,12-13H2,1-3H3. The third-order valence-corrected chi connectivity index (χ3v) is 7.14. The quantitative estimate of drug-likeness (QED) is 0.452. The van der Waals surface area contributed by atoms with Crippen molar-refractivity contribution < 1.29 is 9.53 Å². The summed E-state index contributed by atoms with van der Waals surface area (Å²) in [6.45, 7) is 0. The van der Waals surface area contributed by atoms with Crippen molar-refractivity contribution in [1.29, 1.82) is 0 Å². The number of amides is 1. The summed E-state index contributed by atoms with van der Waals surface area (Å²) in [7, 11) is 5.26. The molecule has 0 bridgehead atoms. The van der Waals surface area contributed by atoms with E-state index >= 15 is 0 Å². The van der Waals surface area contributed by atoms with Crippen LogP contribution in [0.2, 0.25) is 0 Å². The average molecular weight is 451 g/mol. The molecule has 3 aromatic rings. The van der Waals surface area contributed by atoms with Gasteiger partial charge in [-0.3, -0.25) is 9.36 Å². The first-order valence-electron chi connectivity index (χ1n) is 11.1. The van der Waals surface area contributed by atoms with E-state index in [9.17, 15) is 4.79 Å². The summed E-state index contributed by atoms with van der Waals surface area (Å²) >= 11 is 1.50. The van der Waals surface area contributed by atoms with Crippen LogP contribution in [0, 0.1) is 0 Å². The fraction of sp³-hybridized carbons (Fsp3) is 0.400. The van der Waals surface area contributed by atoms with Crippen LogP contribution in [0.15, 0.2) is 59.8 Å². The molecular weight excluding hydrogens is 420 g/mol. The lowest BCUT2D eigenvalue weighted by atomic mass is 9.95. The second-order valence-corrected chi connectivity index (χ2v) is 9.41. The van der Waals surface area contributed by atoms with Gasteiger partial charge in [0.25, 0.3) is 0 Å². The van der Waals surface area contributed by atoms with Crippen molar-refractivity contribution in [2.45, 2.75) is 48.6 Å². The van der Waals surface area contributed by atoms with Gasteiger partial charge in [0.1, 0.15) is 11.0 Å². The summed E-state index contributed by atoms with van der Waals surface area (Å²) in [6.07, 6.45) is 5.88. The van der Waals surface area contributed by atoms with Gasteiger partial charge < -0.3 is 9.64 Å². The first-order chi connectivity index (χ1) is 15.6. The van der Waals surface area contributed by atoms with Crippen molar-refractivity contribution in [3.8, 4) is 17.1 Å². The maximum atomic E-state index is 13.1.